The first-order valence-corrected chi connectivity index (χ1v) is 25.4. The topological polar surface area (TPSA) is 0 Å². The van der Waals surface area contributed by atoms with Crippen molar-refractivity contribution >= 4 is 28.2 Å². The number of thioether (sulfide) groups is 1. The Hall–Kier alpha value is -5.80. The molecule has 0 aliphatic carbocycles. The Morgan fingerprint density at radius 3 is 0.909 bits per heavy atom. The minimum absolute atomic E-state index is 0.227. The zero-order valence-electron chi connectivity index (χ0n) is 38.4. The van der Waals surface area contributed by atoms with Crippen LogP contribution in [0.1, 0.15) is 131 Å². The summed E-state index contributed by atoms with van der Waals surface area (Å²) in [7, 11) is 0. The lowest BCUT2D eigenvalue weighted by Gasteiger charge is -2.33. The Morgan fingerprint density at radius 1 is 0.318 bits per heavy atom. The maximum absolute atomic E-state index is 6.21. The summed E-state index contributed by atoms with van der Waals surface area (Å²) in [6.45, 7) is 2.42. The zero-order valence-corrected chi connectivity index (χ0v) is 40.0. The summed E-state index contributed by atoms with van der Waals surface area (Å²) >= 11 is 8.10. The van der Waals surface area contributed by atoms with Gasteiger partial charge in [-0.3, -0.25) is 0 Å². The molecule has 7 atom stereocenters. The number of thiocarbonyl (C=S) groups is 1. The number of benzene rings is 8. The van der Waals surface area contributed by atoms with E-state index >= 15 is 0 Å². The molecule has 7 unspecified atom stereocenters. The Kier molecular flexibility index (Phi) is 17.4. The van der Waals surface area contributed by atoms with Gasteiger partial charge in [-0.1, -0.05) is 262 Å². The van der Waals surface area contributed by atoms with Crippen molar-refractivity contribution in [3.05, 3.63) is 287 Å². The minimum atomic E-state index is 0.227. The van der Waals surface area contributed by atoms with Gasteiger partial charge in [0.15, 0.2) is 0 Å². The highest BCUT2D eigenvalue weighted by Gasteiger charge is 2.31. The monoisotopic (exact) mass is 896 g/mol. The van der Waals surface area contributed by atoms with Gasteiger partial charge in [0.2, 0.25) is 0 Å². The maximum Gasteiger partial charge on any atom is 0.0528 e. The first kappa shape index (κ1) is 46.7. The maximum atomic E-state index is 6.21. The second-order valence-corrected chi connectivity index (χ2v) is 20.4. The predicted octanol–water partition coefficient (Wildman–Crippen LogP) is 18.1. The Labute approximate surface area is 405 Å². The molecule has 66 heavy (non-hydrogen) atoms. The number of hydrogen-bond donors (Lipinski definition) is 0. The highest BCUT2D eigenvalue weighted by atomic mass is 32.2. The third kappa shape index (κ3) is 13.6. The fourth-order valence-electron chi connectivity index (χ4n) is 10.3. The van der Waals surface area contributed by atoms with Gasteiger partial charge in [0.1, 0.15) is 0 Å². The van der Waals surface area contributed by atoms with Crippen molar-refractivity contribution < 1.29 is 0 Å². The van der Waals surface area contributed by atoms with Crippen LogP contribution in [0.3, 0.4) is 0 Å². The van der Waals surface area contributed by atoms with E-state index in [1.54, 1.807) is 0 Å². The lowest BCUT2D eigenvalue weighted by molar-refractivity contribution is 0.390. The van der Waals surface area contributed by atoms with Crippen LogP contribution in [0.4, 0.5) is 0 Å². The molecule has 2 heteroatoms. The van der Waals surface area contributed by atoms with Gasteiger partial charge in [-0.05, 0) is 119 Å². The highest BCUT2D eigenvalue weighted by Crippen LogP contribution is 2.48. The van der Waals surface area contributed by atoms with E-state index < -0.39 is 0 Å². The molecule has 0 radical (unpaired) electrons. The Balaban J connectivity index is 1.14. The van der Waals surface area contributed by atoms with E-state index in [2.05, 4.69) is 250 Å². The van der Waals surface area contributed by atoms with Crippen molar-refractivity contribution in [3.63, 3.8) is 0 Å². The summed E-state index contributed by atoms with van der Waals surface area (Å²) in [6.07, 6.45) is 7.18. The van der Waals surface area contributed by atoms with Crippen molar-refractivity contribution in [1.29, 1.82) is 0 Å². The molecule has 0 aromatic heterocycles. The molecule has 0 nitrogen and oxygen atoms in total. The summed E-state index contributed by atoms with van der Waals surface area (Å²) in [4.78, 5) is 0. The van der Waals surface area contributed by atoms with Gasteiger partial charge in [0.05, 0.1) is 4.20 Å². The lowest BCUT2D eigenvalue weighted by Crippen LogP contribution is -2.17. The summed E-state index contributed by atoms with van der Waals surface area (Å²) in [5.41, 5.74) is 11.2. The first-order valence-electron chi connectivity index (χ1n) is 24.1. The zero-order chi connectivity index (χ0) is 45.2. The quantitative estimate of drug-likeness (QED) is 0.0622. The number of hydrogen-bond acceptors (Lipinski definition) is 2. The predicted molar refractivity (Wildman–Crippen MR) is 288 cm³/mol. The van der Waals surface area contributed by atoms with E-state index in [9.17, 15) is 0 Å². The largest absolute Gasteiger partial charge is 0.110 e. The third-order valence-corrected chi connectivity index (χ3v) is 15.4. The van der Waals surface area contributed by atoms with Crippen LogP contribution in [0.2, 0.25) is 0 Å². The molecule has 8 aromatic carbocycles. The Bertz CT molecular complexity index is 2570. The van der Waals surface area contributed by atoms with E-state index in [4.69, 9.17) is 12.2 Å². The van der Waals surface area contributed by atoms with Crippen molar-refractivity contribution in [2.45, 2.75) is 92.6 Å². The number of rotatable bonds is 22. The third-order valence-electron chi connectivity index (χ3n) is 13.8. The van der Waals surface area contributed by atoms with E-state index in [0.29, 0.717) is 35.5 Å². The van der Waals surface area contributed by atoms with Crippen LogP contribution in [-0.2, 0) is 6.42 Å². The summed E-state index contributed by atoms with van der Waals surface area (Å²) < 4.78 is 1.05. The van der Waals surface area contributed by atoms with E-state index in [-0.39, 0.29) is 5.25 Å². The van der Waals surface area contributed by atoms with Crippen LogP contribution in [0.15, 0.2) is 243 Å². The van der Waals surface area contributed by atoms with Crippen LogP contribution >= 0.6 is 24.0 Å². The fourth-order valence-corrected chi connectivity index (χ4v) is 12.0. The van der Waals surface area contributed by atoms with Crippen LogP contribution in [0, 0.1) is 0 Å². The van der Waals surface area contributed by atoms with E-state index in [1.807, 2.05) is 11.8 Å². The van der Waals surface area contributed by atoms with Gasteiger partial charge in [-0.15, -0.1) is 11.8 Å². The Morgan fingerprint density at radius 2 is 0.576 bits per heavy atom. The van der Waals surface area contributed by atoms with Gasteiger partial charge in [-0.2, -0.15) is 0 Å². The average Bonchev–Trinajstić information content (AvgIpc) is 3.39. The van der Waals surface area contributed by atoms with Crippen LogP contribution in [-0.4, -0.2) is 4.20 Å². The molecule has 0 N–H and O–H groups in total. The molecule has 0 amide bonds. The highest BCUT2D eigenvalue weighted by molar-refractivity contribution is 8.23. The molecule has 0 fully saturated rings. The second-order valence-electron chi connectivity index (χ2n) is 18.3. The summed E-state index contributed by atoms with van der Waals surface area (Å²) in [6, 6.07) is 89.9. The smallest absolute Gasteiger partial charge is 0.0528 e. The minimum Gasteiger partial charge on any atom is -0.110 e. The first-order chi connectivity index (χ1) is 32.6. The van der Waals surface area contributed by atoms with Crippen molar-refractivity contribution in [3.8, 4) is 0 Å². The fraction of sp³-hybridized carbons (Fsp3) is 0.234. The van der Waals surface area contributed by atoms with Crippen LogP contribution in [0.25, 0.3) is 0 Å². The molecule has 0 heterocycles. The molecule has 0 saturated heterocycles. The molecule has 0 aliphatic rings. The SMILES string of the molecule is CC(CC(CC(CC(CC(CC(CC(SC(=S)Cc1ccccc1)c1ccccc1)c1ccccc1)c1ccccc1)c1ccccc1)c1ccccc1)c1ccccc1)c1ccccc1. The molecular formula is C64H64S2. The van der Waals surface area contributed by atoms with Gasteiger partial charge in [0.25, 0.3) is 0 Å². The molecule has 0 spiro atoms. The van der Waals surface area contributed by atoms with Gasteiger partial charge < -0.3 is 0 Å². The molecule has 0 bridgehead atoms. The van der Waals surface area contributed by atoms with Gasteiger partial charge in [-0.25, -0.2) is 0 Å². The molecule has 0 saturated carbocycles. The average molecular weight is 897 g/mol. The summed E-state index contributed by atoms with van der Waals surface area (Å²) in [5, 5.41) is 0.227. The standard InChI is InChI=1S/C64H64S2/c1-49(51-28-12-3-13-29-51)42-58(52-30-14-4-15-31-52)44-59(53-32-16-5-17-33-53)45-60(54-34-18-6-19-35-54)46-61(55-36-20-7-21-37-55)47-62(56-38-22-8-23-39-56)48-63(57-40-24-9-25-41-57)66-64(65)43-50-26-10-2-11-27-50/h2-41,49,58-63H,42-48H2,1H3. The normalized spacial score (nSPS) is 14.6. The van der Waals surface area contributed by atoms with Crippen molar-refractivity contribution in [2.24, 2.45) is 0 Å². The van der Waals surface area contributed by atoms with E-state index in [1.165, 1.54) is 44.5 Å². The molecule has 0 aliphatic heterocycles. The van der Waals surface area contributed by atoms with Gasteiger partial charge in [0, 0.05) is 11.7 Å². The van der Waals surface area contributed by atoms with Crippen LogP contribution < -0.4 is 0 Å². The van der Waals surface area contributed by atoms with E-state index in [0.717, 1.165) is 49.1 Å². The summed E-state index contributed by atoms with van der Waals surface area (Å²) in [5.74, 6) is 2.22. The second kappa shape index (κ2) is 24.6. The molecule has 8 aromatic rings. The molecule has 8 rings (SSSR count). The van der Waals surface area contributed by atoms with Gasteiger partial charge >= 0.3 is 0 Å². The molecule has 332 valence electrons. The van der Waals surface area contributed by atoms with Crippen molar-refractivity contribution in [1.82, 2.24) is 0 Å². The van der Waals surface area contributed by atoms with Crippen LogP contribution in [0.5, 0.6) is 0 Å². The molecular weight excluding hydrogens is 833 g/mol. The lowest BCUT2D eigenvalue weighted by atomic mass is 9.72. The van der Waals surface area contributed by atoms with Crippen molar-refractivity contribution in [2.75, 3.05) is 0 Å².